The van der Waals surface area contributed by atoms with Crippen LogP contribution in [0.5, 0.6) is 0 Å². The number of aromatic nitrogens is 1. The van der Waals surface area contributed by atoms with Crippen LogP contribution < -0.4 is 4.72 Å². The topological polar surface area (TPSA) is 79.3 Å². The summed E-state index contributed by atoms with van der Waals surface area (Å²) in [5.41, 5.74) is 0.335. The lowest BCUT2D eigenvalue weighted by Crippen LogP contribution is -2.14. The number of hydrogen-bond acceptors (Lipinski definition) is 5. The summed E-state index contributed by atoms with van der Waals surface area (Å²) >= 11 is 1.26. The number of nitrogens with zero attached hydrogens (tertiary/aromatic N) is 1. The average molecular weight is 308 g/mol. The second-order valence-corrected chi connectivity index (χ2v) is 6.72. The number of thiazole rings is 1. The fraction of sp³-hybridized carbons (Fsp3) is 0.154. The molecule has 1 aromatic carbocycles. The van der Waals surface area contributed by atoms with Crippen LogP contribution in [0.1, 0.15) is 10.4 Å². The Balaban J connectivity index is 2.39. The number of aryl methyl sites for hydroxylation is 1. The SMILES string of the molecule is Cc1cnc(NS(=O)(=O)c2ccccc2C#CCO)s1. The average Bonchev–Trinajstić information content (AvgIpc) is 2.81. The molecule has 5 nitrogen and oxygen atoms in total. The van der Waals surface area contributed by atoms with Crippen molar-refractivity contribution in [2.45, 2.75) is 11.8 Å². The molecule has 20 heavy (non-hydrogen) atoms. The monoisotopic (exact) mass is 308 g/mol. The van der Waals surface area contributed by atoms with Crippen molar-refractivity contribution in [3.63, 3.8) is 0 Å². The van der Waals surface area contributed by atoms with E-state index in [-0.39, 0.29) is 11.5 Å². The molecule has 0 atom stereocenters. The maximum atomic E-state index is 12.3. The Kier molecular flexibility index (Phi) is 4.39. The van der Waals surface area contributed by atoms with Gasteiger partial charge in [0.15, 0.2) is 5.13 Å². The zero-order chi connectivity index (χ0) is 14.6. The van der Waals surface area contributed by atoms with Gasteiger partial charge in [-0.1, -0.05) is 24.0 Å². The maximum Gasteiger partial charge on any atom is 0.264 e. The fourth-order valence-corrected chi connectivity index (χ4v) is 3.58. The number of aliphatic hydroxyl groups is 1. The van der Waals surface area contributed by atoms with E-state index in [4.69, 9.17) is 5.11 Å². The van der Waals surface area contributed by atoms with Crippen LogP contribution in [-0.2, 0) is 10.0 Å². The lowest BCUT2D eigenvalue weighted by molar-refractivity contribution is 0.350. The summed E-state index contributed by atoms with van der Waals surface area (Å²) in [5.74, 6) is 5.07. The van der Waals surface area contributed by atoms with Crippen molar-refractivity contribution < 1.29 is 13.5 Å². The molecule has 0 amide bonds. The zero-order valence-electron chi connectivity index (χ0n) is 10.6. The van der Waals surface area contributed by atoms with Crippen molar-refractivity contribution >= 4 is 26.5 Å². The summed E-state index contributed by atoms with van der Waals surface area (Å²) in [7, 11) is -3.75. The Bertz CT molecular complexity index is 770. The summed E-state index contributed by atoms with van der Waals surface area (Å²) in [6, 6.07) is 6.36. The lowest BCUT2D eigenvalue weighted by atomic mass is 10.2. The third-order valence-corrected chi connectivity index (χ3v) is 4.68. The van der Waals surface area contributed by atoms with Gasteiger partial charge < -0.3 is 5.11 Å². The first kappa shape index (κ1) is 14.5. The number of sulfonamides is 1. The number of aliphatic hydroxyl groups excluding tert-OH is 1. The van der Waals surface area contributed by atoms with E-state index in [9.17, 15) is 8.42 Å². The van der Waals surface area contributed by atoms with Crippen molar-refractivity contribution in [2.75, 3.05) is 11.3 Å². The molecule has 1 aromatic heterocycles. The molecule has 0 saturated heterocycles. The molecule has 0 spiro atoms. The molecule has 7 heteroatoms. The molecule has 0 fully saturated rings. The molecule has 0 bridgehead atoms. The largest absolute Gasteiger partial charge is 0.384 e. The van der Waals surface area contributed by atoms with E-state index in [1.54, 1.807) is 24.4 Å². The van der Waals surface area contributed by atoms with E-state index < -0.39 is 10.0 Å². The lowest BCUT2D eigenvalue weighted by Gasteiger charge is -2.07. The van der Waals surface area contributed by atoms with Crippen LogP contribution in [0.4, 0.5) is 5.13 Å². The standard InChI is InChI=1S/C13H12N2O3S2/c1-10-9-14-13(19-10)15-20(17,18)12-7-3-2-5-11(12)6-4-8-16/h2-3,5,7,9,16H,8H2,1H3,(H,14,15). The molecule has 0 aliphatic rings. The third-order valence-electron chi connectivity index (χ3n) is 2.32. The van der Waals surface area contributed by atoms with Gasteiger partial charge in [0.05, 0.1) is 0 Å². The number of anilines is 1. The molecular formula is C13H12N2O3S2. The summed E-state index contributed by atoms with van der Waals surface area (Å²) in [5, 5.41) is 9.02. The number of rotatable bonds is 3. The van der Waals surface area contributed by atoms with Crippen LogP contribution in [0.15, 0.2) is 35.4 Å². The van der Waals surface area contributed by atoms with Crippen molar-refractivity contribution in [3.8, 4) is 11.8 Å². The Morgan fingerprint density at radius 2 is 2.15 bits per heavy atom. The van der Waals surface area contributed by atoms with Gasteiger partial charge in [-0.3, -0.25) is 4.72 Å². The van der Waals surface area contributed by atoms with E-state index in [0.29, 0.717) is 10.7 Å². The van der Waals surface area contributed by atoms with Crippen LogP contribution >= 0.6 is 11.3 Å². The minimum atomic E-state index is -3.75. The molecule has 2 aromatic rings. The van der Waals surface area contributed by atoms with Gasteiger partial charge in [-0.05, 0) is 19.1 Å². The van der Waals surface area contributed by atoms with Gasteiger partial charge >= 0.3 is 0 Å². The van der Waals surface area contributed by atoms with Gasteiger partial charge in [-0.15, -0.1) is 11.3 Å². The van der Waals surface area contributed by atoms with Crippen molar-refractivity contribution in [3.05, 3.63) is 40.9 Å². The number of hydrogen-bond donors (Lipinski definition) is 2. The number of benzene rings is 1. The molecule has 0 unspecified atom stereocenters. The predicted octanol–water partition coefficient (Wildman–Crippen LogP) is 1.60. The van der Waals surface area contributed by atoms with E-state index in [0.717, 1.165) is 4.88 Å². The molecule has 2 N–H and O–H groups in total. The summed E-state index contributed by atoms with van der Waals surface area (Å²) in [4.78, 5) is 4.95. The second kappa shape index (κ2) is 6.05. The molecule has 104 valence electrons. The van der Waals surface area contributed by atoms with Crippen LogP contribution in [0, 0.1) is 18.8 Å². The summed E-state index contributed by atoms with van der Waals surface area (Å²) in [6.07, 6.45) is 1.60. The van der Waals surface area contributed by atoms with E-state index in [1.807, 2.05) is 6.92 Å². The van der Waals surface area contributed by atoms with Gasteiger partial charge in [0, 0.05) is 16.6 Å². The summed E-state index contributed by atoms with van der Waals surface area (Å²) < 4.78 is 27.1. The highest BCUT2D eigenvalue weighted by Gasteiger charge is 2.18. The van der Waals surface area contributed by atoms with Crippen LogP contribution in [0.2, 0.25) is 0 Å². The maximum absolute atomic E-state index is 12.3. The fourth-order valence-electron chi connectivity index (χ4n) is 1.51. The molecular weight excluding hydrogens is 296 g/mol. The van der Waals surface area contributed by atoms with Crippen molar-refractivity contribution in [1.82, 2.24) is 4.98 Å². The summed E-state index contributed by atoms with van der Waals surface area (Å²) in [6.45, 7) is 1.52. The normalized spacial score (nSPS) is 10.7. The molecule has 0 radical (unpaired) electrons. The van der Waals surface area contributed by atoms with E-state index >= 15 is 0 Å². The van der Waals surface area contributed by atoms with Crippen LogP contribution in [0.25, 0.3) is 0 Å². The molecule has 0 aliphatic heterocycles. The molecule has 1 heterocycles. The Morgan fingerprint density at radius 1 is 1.40 bits per heavy atom. The van der Waals surface area contributed by atoms with Gasteiger partial charge in [0.2, 0.25) is 0 Å². The first-order chi connectivity index (χ1) is 9.53. The van der Waals surface area contributed by atoms with Crippen molar-refractivity contribution in [2.24, 2.45) is 0 Å². The Morgan fingerprint density at radius 3 is 2.80 bits per heavy atom. The quantitative estimate of drug-likeness (QED) is 0.844. The highest BCUT2D eigenvalue weighted by Crippen LogP contribution is 2.22. The smallest absolute Gasteiger partial charge is 0.264 e. The minimum Gasteiger partial charge on any atom is -0.384 e. The first-order valence-electron chi connectivity index (χ1n) is 5.67. The highest BCUT2D eigenvalue weighted by atomic mass is 32.2. The predicted molar refractivity (Wildman–Crippen MR) is 78.1 cm³/mol. The second-order valence-electron chi connectivity index (χ2n) is 3.84. The van der Waals surface area contributed by atoms with E-state index in [1.165, 1.54) is 17.4 Å². The van der Waals surface area contributed by atoms with Gasteiger partial charge in [0.25, 0.3) is 10.0 Å². The minimum absolute atomic E-state index is 0.0637. The number of nitrogens with one attached hydrogen (secondary N) is 1. The highest BCUT2D eigenvalue weighted by molar-refractivity contribution is 7.93. The van der Waals surface area contributed by atoms with Gasteiger partial charge in [-0.25, -0.2) is 13.4 Å². The Hall–Kier alpha value is -1.88. The van der Waals surface area contributed by atoms with E-state index in [2.05, 4.69) is 21.5 Å². The van der Waals surface area contributed by atoms with Gasteiger partial charge in [0.1, 0.15) is 11.5 Å². The molecule has 0 saturated carbocycles. The first-order valence-corrected chi connectivity index (χ1v) is 7.97. The van der Waals surface area contributed by atoms with Crippen LogP contribution in [0.3, 0.4) is 0 Å². The van der Waals surface area contributed by atoms with Crippen molar-refractivity contribution in [1.29, 1.82) is 0 Å². The Labute approximate surface area is 121 Å². The third kappa shape index (κ3) is 3.36. The van der Waals surface area contributed by atoms with Crippen LogP contribution in [-0.4, -0.2) is 25.1 Å². The molecule has 0 aliphatic carbocycles. The molecule has 2 rings (SSSR count). The zero-order valence-corrected chi connectivity index (χ0v) is 12.3. The van der Waals surface area contributed by atoms with Gasteiger partial charge in [-0.2, -0.15) is 0 Å².